The first-order valence-corrected chi connectivity index (χ1v) is 4.04. The molecule has 0 unspecified atom stereocenters. The van der Waals surface area contributed by atoms with Crippen molar-refractivity contribution in [3.05, 3.63) is 24.4 Å². The molecule has 0 heterocycles. The van der Waals surface area contributed by atoms with Gasteiger partial charge in [0.25, 0.3) is 0 Å². The zero-order chi connectivity index (χ0) is 8.69. The topological polar surface area (TPSA) is 12.4 Å². The maximum atomic E-state index is 4.28. The summed E-state index contributed by atoms with van der Waals surface area (Å²) in [4.78, 5) is 4.28. The second-order valence-corrected chi connectivity index (χ2v) is 2.69. The van der Waals surface area contributed by atoms with Gasteiger partial charge in [-0.05, 0) is 25.8 Å². The van der Waals surface area contributed by atoms with E-state index in [1.165, 1.54) is 0 Å². The Morgan fingerprint density at radius 2 is 1.82 bits per heavy atom. The Bertz CT molecular complexity index is 173. The lowest BCUT2D eigenvalue weighted by Gasteiger charge is -2.01. The number of hydrogen-bond donors (Lipinski definition) is 0. The first kappa shape index (κ1) is 10.2. The highest BCUT2D eigenvalue weighted by atomic mass is 14.7. The van der Waals surface area contributed by atoms with Crippen LogP contribution in [0.3, 0.4) is 0 Å². The summed E-state index contributed by atoms with van der Waals surface area (Å²) < 4.78 is 0. The van der Waals surface area contributed by atoms with E-state index in [9.17, 15) is 0 Å². The van der Waals surface area contributed by atoms with E-state index in [-0.39, 0.29) is 0 Å². The lowest BCUT2D eigenvalue weighted by Crippen LogP contribution is -2.02. The highest BCUT2D eigenvalue weighted by Gasteiger charge is 1.97. The summed E-state index contributed by atoms with van der Waals surface area (Å²) in [5.74, 6) is 0.502. The molecule has 1 nitrogen and oxygen atoms in total. The monoisotopic (exact) mass is 151 g/mol. The number of aliphatic imine (C=N–C) groups is 1. The fraction of sp³-hybridized carbons (Fsp3) is 0.500. The van der Waals surface area contributed by atoms with E-state index in [0.717, 1.165) is 5.71 Å². The van der Waals surface area contributed by atoms with Crippen molar-refractivity contribution >= 4 is 5.71 Å². The molecule has 0 aromatic carbocycles. The van der Waals surface area contributed by atoms with E-state index in [4.69, 9.17) is 0 Å². The highest BCUT2D eigenvalue weighted by molar-refractivity contribution is 5.96. The van der Waals surface area contributed by atoms with Crippen LogP contribution in [0.2, 0.25) is 0 Å². The third kappa shape index (κ3) is 4.54. The van der Waals surface area contributed by atoms with Gasteiger partial charge in [-0.1, -0.05) is 26.0 Å². The molecule has 62 valence electrons. The van der Waals surface area contributed by atoms with Crippen LogP contribution in [0.1, 0.15) is 27.7 Å². The van der Waals surface area contributed by atoms with E-state index in [1.807, 2.05) is 38.3 Å². The number of allylic oxidation sites excluding steroid dienone is 3. The van der Waals surface area contributed by atoms with Crippen LogP contribution in [0.5, 0.6) is 0 Å². The van der Waals surface area contributed by atoms with Gasteiger partial charge in [0.1, 0.15) is 0 Å². The molecule has 1 heteroatoms. The van der Waals surface area contributed by atoms with Crippen LogP contribution in [0.4, 0.5) is 0 Å². The molecule has 0 aromatic heterocycles. The smallest absolute Gasteiger partial charge is 0.0425 e. The van der Waals surface area contributed by atoms with Crippen molar-refractivity contribution in [1.29, 1.82) is 0 Å². The minimum atomic E-state index is 0.502. The van der Waals surface area contributed by atoms with Crippen LogP contribution >= 0.6 is 0 Å². The summed E-state index contributed by atoms with van der Waals surface area (Å²) in [5.41, 5.74) is 1.13. The Morgan fingerprint density at radius 3 is 2.18 bits per heavy atom. The summed E-state index contributed by atoms with van der Waals surface area (Å²) in [5, 5.41) is 0. The van der Waals surface area contributed by atoms with Crippen molar-refractivity contribution in [2.24, 2.45) is 10.9 Å². The number of rotatable bonds is 3. The highest BCUT2D eigenvalue weighted by Crippen LogP contribution is 1.99. The van der Waals surface area contributed by atoms with Gasteiger partial charge in [-0.25, -0.2) is 0 Å². The van der Waals surface area contributed by atoms with Crippen molar-refractivity contribution in [3.63, 3.8) is 0 Å². The molecular formula is C10H17N. The van der Waals surface area contributed by atoms with Crippen LogP contribution in [-0.2, 0) is 0 Å². The van der Waals surface area contributed by atoms with E-state index in [2.05, 4.69) is 18.8 Å². The third-order valence-corrected chi connectivity index (χ3v) is 1.30. The van der Waals surface area contributed by atoms with Crippen LogP contribution < -0.4 is 0 Å². The summed E-state index contributed by atoms with van der Waals surface area (Å²) in [6, 6.07) is 0. The minimum absolute atomic E-state index is 0.502. The Labute approximate surface area is 69.5 Å². The zero-order valence-corrected chi connectivity index (χ0v) is 7.83. The third-order valence-electron chi connectivity index (χ3n) is 1.30. The molecule has 0 spiro atoms. The summed E-state index contributed by atoms with van der Waals surface area (Å²) >= 11 is 0. The number of nitrogens with zero attached hydrogens (tertiary/aromatic N) is 1. The predicted molar refractivity (Wildman–Crippen MR) is 51.9 cm³/mol. The van der Waals surface area contributed by atoms with Gasteiger partial charge in [0, 0.05) is 11.9 Å². The second kappa shape index (κ2) is 5.90. The molecule has 0 saturated heterocycles. The molecule has 0 atom stereocenters. The average molecular weight is 151 g/mol. The first-order valence-electron chi connectivity index (χ1n) is 4.04. The molecule has 0 rings (SSSR count). The normalized spacial score (nSPS) is 14.1. The van der Waals surface area contributed by atoms with E-state index < -0.39 is 0 Å². The molecule has 0 aromatic rings. The van der Waals surface area contributed by atoms with Gasteiger partial charge in [-0.15, -0.1) is 0 Å². The molecule has 0 fully saturated rings. The average Bonchev–Trinajstić information content (AvgIpc) is 1.97. The largest absolute Gasteiger partial charge is 0.261 e. The molecule has 0 N–H and O–H groups in total. The quantitative estimate of drug-likeness (QED) is 0.549. The summed E-state index contributed by atoms with van der Waals surface area (Å²) in [6.07, 6.45) is 7.83. The van der Waals surface area contributed by atoms with Crippen LogP contribution in [0.25, 0.3) is 0 Å². The Morgan fingerprint density at radius 1 is 1.18 bits per heavy atom. The van der Waals surface area contributed by atoms with Crippen LogP contribution in [0, 0.1) is 5.92 Å². The lowest BCUT2D eigenvalue weighted by molar-refractivity contribution is 0.888. The van der Waals surface area contributed by atoms with Gasteiger partial charge in [-0.2, -0.15) is 0 Å². The Balaban J connectivity index is 4.32. The van der Waals surface area contributed by atoms with Crippen LogP contribution in [-0.4, -0.2) is 5.71 Å². The second-order valence-electron chi connectivity index (χ2n) is 2.69. The van der Waals surface area contributed by atoms with Crippen molar-refractivity contribution in [3.8, 4) is 0 Å². The van der Waals surface area contributed by atoms with Crippen molar-refractivity contribution < 1.29 is 0 Å². The van der Waals surface area contributed by atoms with E-state index in [1.54, 1.807) is 0 Å². The fourth-order valence-electron chi connectivity index (χ4n) is 0.716. The summed E-state index contributed by atoms with van der Waals surface area (Å²) in [6.45, 7) is 8.26. The first-order chi connectivity index (χ1) is 5.22. The standard InChI is InChI=1S/C10H17N/c1-5-7-10(9(3)4)11-8-6-2/h5-9H,1-4H3/b7-5-,8-6+,11-10+. The maximum Gasteiger partial charge on any atom is 0.0425 e. The molecule has 0 amide bonds. The lowest BCUT2D eigenvalue weighted by atomic mass is 10.1. The molecule has 0 aliphatic rings. The molecule has 0 bridgehead atoms. The predicted octanol–water partition coefficient (Wildman–Crippen LogP) is 3.19. The molecule has 0 aliphatic carbocycles. The molecule has 0 saturated carbocycles. The van der Waals surface area contributed by atoms with Gasteiger partial charge in [0.2, 0.25) is 0 Å². The van der Waals surface area contributed by atoms with E-state index >= 15 is 0 Å². The van der Waals surface area contributed by atoms with Gasteiger partial charge < -0.3 is 0 Å². The summed E-state index contributed by atoms with van der Waals surface area (Å²) in [7, 11) is 0. The van der Waals surface area contributed by atoms with Gasteiger partial charge in [0.05, 0.1) is 0 Å². The van der Waals surface area contributed by atoms with Gasteiger partial charge in [0.15, 0.2) is 0 Å². The molecular weight excluding hydrogens is 134 g/mol. The fourth-order valence-corrected chi connectivity index (χ4v) is 0.716. The molecule has 0 radical (unpaired) electrons. The van der Waals surface area contributed by atoms with Crippen LogP contribution in [0.15, 0.2) is 29.4 Å². The molecule has 11 heavy (non-hydrogen) atoms. The van der Waals surface area contributed by atoms with Crippen molar-refractivity contribution in [2.45, 2.75) is 27.7 Å². The van der Waals surface area contributed by atoms with Gasteiger partial charge in [-0.3, -0.25) is 4.99 Å². The van der Waals surface area contributed by atoms with Crippen molar-refractivity contribution in [2.75, 3.05) is 0 Å². The van der Waals surface area contributed by atoms with E-state index in [0.29, 0.717) is 5.92 Å². The minimum Gasteiger partial charge on any atom is -0.261 e. The Hall–Kier alpha value is -0.850. The van der Waals surface area contributed by atoms with Gasteiger partial charge >= 0.3 is 0 Å². The Kier molecular flexibility index (Phi) is 5.44. The zero-order valence-electron chi connectivity index (χ0n) is 7.83. The number of hydrogen-bond acceptors (Lipinski definition) is 1. The maximum absolute atomic E-state index is 4.28. The van der Waals surface area contributed by atoms with Crippen molar-refractivity contribution in [1.82, 2.24) is 0 Å². The SMILES string of the molecule is C\C=C/C(=N\C=C\C)C(C)C. The molecule has 0 aliphatic heterocycles.